The Hall–Kier alpha value is -2.70. The highest BCUT2D eigenvalue weighted by atomic mass is 35.5. The van der Waals surface area contributed by atoms with Gasteiger partial charge in [-0.1, -0.05) is 35.5 Å². The number of thioether (sulfide) groups is 1. The molecule has 0 aromatic heterocycles. The second kappa shape index (κ2) is 7.73. The molecule has 1 fully saturated rings. The molecule has 2 aromatic carbocycles. The predicted octanol–water partition coefficient (Wildman–Crippen LogP) is 5.00. The Bertz CT molecular complexity index is 997. The minimum Gasteiger partial charge on any atom is -0.494 e. The smallest absolute Gasteiger partial charge is 0.237 e. The van der Waals surface area contributed by atoms with Gasteiger partial charge in [-0.2, -0.15) is 0 Å². The fourth-order valence-corrected chi connectivity index (χ4v) is 4.14. The second-order valence-electron chi connectivity index (χ2n) is 6.27. The zero-order valence-corrected chi connectivity index (χ0v) is 16.7. The van der Waals surface area contributed by atoms with Crippen LogP contribution in [0.5, 0.6) is 5.75 Å². The number of carbonyl (C=O) groups excluding carboxylic acids is 1. The monoisotopic (exact) mass is 411 g/mol. The molecule has 2 aliphatic heterocycles. The Balaban J connectivity index is 1.55. The van der Waals surface area contributed by atoms with Crippen molar-refractivity contribution in [3.63, 3.8) is 0 Å². The second-order valence-corrected chi connectivity index (χ2v) is 7.59. The summed E-state index contributed by atoms with van der Waals surface area (Å²) in [6.45, 7) is 2.50. The van der Waals surface area contributed by atoms with Gasteiger partial charge in [0.2, 0.25) is 5.91 Å². The molecule has 28 heavy (non-hydrogen) atoms. The lowest BCUT2D eigenvalue weighted by atomic mass is 10.1. The Labute approximate surface area is 172 Å². The molecule has 2 heterocycles. The number of hydrogen-bond acceptors (Lipinski definition) is 5. The highest BCUT2D eigenvalue weighted by Crippen LogP contribution is 2.37. The Morgan fingerprint density at radius 3 is 2.57 bits per heavy atom. The molecule has 0 radical (unpaired) electrons. The molecule has 0 spiro atoms. The highest BCUT2D eigenvalue weighted by Gasteiger charge is 2.35. The van der Waals surface area contributed by atoms with Crippen molar-refractivity contribution in [2.75, 3.05) is 11.5 Å². The Kier molecular flexibility index (Phi) is 5.15. The molecule has 0 bridgehead atoms. The molecule has 2 aromatic rings. The minimum atomic E-state index is -0.112. The van der Waals surface area contributed by atoms with Crippen LogP contribution in [0.3, 0.4) is 0 Å². The quantitative estimate of drug-likeness (QED) is 0.743. The first-order valence-corrected chi connectivity index (χ1v) is 10.1. The van der Waals surface area contributed by atoms with Crippen molar-refractivity contribution in [3.05, 3.63) is 75.1 Å². The van der Waals surface area contributed by atoms with E-state index in [-0.39, 0.29) is 18.2 Å². The van der Waals surface area contributed by atoms with E-state index in [1.165, 1.54) is 16.7 Å². The van der Waals surface area contributed by atoms with Crippen LogP contribution in [0.1, 0.15) is 18.9 Å². The van der Waals surface area contributed by atoms with E-state index in [1.807, 2.05) is 48.7 Å². The van der Waals surface area contributed by atoms with E-state index in [1.54, 1.807) is 12.1 Å². The number of benzene rings is 2. The molecule has 0 saturated carbocycles. The third-order valence-electron chi connectivity index (χ3n) is 4.46. The molecule has 0 unspecified atom stereocenters. The summed E-state index contributed by atoms with van der Waals surface area (Å²) in [4.78, 5) is 14.0. The lowest BCUT2D eigenvalue weighted by Crippen LogP contribution is -2.28. The number of nitrogens with one attached hydrogen (secondary N) is 2. The van der Waals surface area contributed by atoms with Gasteiger partial charge in [0.05, 0.1) is 29.4 Å². The number of amidine groups is 1. The van der Waals surface area contributed by atoms with E-state index in [2.05, 4.69) is 5.32 Å². The summed E-state index contributed by atoms with van der Waals surface area (Å²) in [5.74, 6) is 0.835. The number of halogens is 1. The Morgan fingerprint density at radius 2 is 1.89 bits per heavy atom. The third-order valence-corrected chi connectivity index (χ3v) is 5.65. The van der Waals surface area contributed by atoms with Gasteiger partial charge < -0.3 is 10.1 Å². The summed E-state index contributed by atoms with van der Waals surface area (Å²) in [6, 6.07) is 14.8. The van der Waals surface area contributed by atoms with Crippen LogP contribution in [-0.4, -0.2) is 18.3 Å². The van der Waals surface area contributed by atoms with Crippen molar-refractivity contribution in [2.24, 2.45) is 0 Å². The van der Waals surface area contributed by atoms with Crippen LogP contribution < -0.4 is 15.0 Å². The first kappa shape index (κ1) is 18.7. The van der Waals surface area contributed by atoms with Crippen LogP contribution in [0.4, 0.5) is 5.69 Å². The summed E-state index contributed by atoms with van der Waals surface area (Å²) in [6.07, 6.45) is 0.198. The van der Waals surface area contributed by atoms with Crippen molar-refractivity contribution >= 4 is 46.5 Å². The maximum absolute atomic E-state index is 12.6. The first-order valence-electron chi connectivity index (χ1n) is 8.84. The zero-order valence-electron chi connectivity index (χ0n) is 15.2. The molecule has 142 valence electrons. The van der Waals surface area contributed by atoms with E-state index in [0.717, 1.165) is 22.0 Å². The fourth-order valence-electron chi connectivity index (χ4n) is 3.11. The first-order chi connectivity index (χ1) is 13.6. The average molecular weight is 412 g/mol. The van der Waals surface area contributed by atoms with Crippen LogP contribution in [0, 0.1) is 5.41 Å². The fraction of sp³-hybridized carbons (Fsp3) is 0.143. The van der Waals surface area contributed by atoms with Crippen LogP contribution >= 0.6 is 23.4 Å². The standard InChI is InChI=1S/C21H18ClN3O2S/c1-2-27-16-9-7-15(8-10-16)25-19(26)11-17(20(25)23)21-24-18(12-28-21)13-3-5-14(22)6-4-13/h3-10,12,23-24H,2,11H2,1H3. The van der Waals surface area contributed by atoms with Crippen LogP contribution in [0.2, 0.25) is 5.02 Å². The molecule has 4 rings (SSSR count). The maximum atomic E-state index is 12.6. The zero-order chi connectivity index (χ0) is 19.7. The van der Waals surface area contributed by atoms with Gasteiger partial charge in [-0.25, -0.2) is 0 Å². The van der Waals surface area contributed by atoms with E-state index >= 15 is 0 Å². The number of hydrogen-bond donors (Lipinski definition) is 2. The minimum absolute atomic E-state index is 0.112. The van der Waals surface area contributed by atoms with Gasteiger partial charge in [-0.05, 0) is 48.9 Å². The maximum Gasteiger partial charge on any atom is 0.237 e. The normalized spacial score (nSPS) is 19.1. The summed E-state index contributed by atoms with van der Waals surface area (Å²) >= 11 is 7.45. The van der Waals surface area contributed by atoms with Gasteiger partial charge in [-0.15, -0.1) is 0 Å². The van der Waals surface area contributed by atoms with Crippen molar-refractivity contribution in [1.82, 2.24) is 5.32 Å². The van der Waals surface area contributed by atoms with Gasteiger partial charge in [0.15, 0.2) is 0 Å². The van der Waals surface area contributed by atoms with Crippen molar-refractivity contribution in [3.8, 4) is 5.75 Å². The van der Waals surface area contributed by atoms with Crippen LogP contribution in [-0.2, 0) is 4.79 Å². The topological polar surface area (TPSA) is 65.4 Å². The van der Waals surface area contributed by atoms with Gasteiger partial charge in [0, 0.05) is 16.0 Å². The largest absolute Gasteiger partial charge is 0.494 e. The van der Waals surface area contributed by atoms with Gasteiger partial charge in [0.25, 0.3) is 0 Å². The molecule has 1 amide bonds. The van der Waals surface area contributed by atoms with Crippen molar-refractivity contribution < 1.29 is 9.53 Å². The number of amides is 1. The van der Waals surface area contributed by atoms with E-state index in [0.29, 0.717) is 22.9 Å². The molecule has 2 N–H and O–H groups in total. The summed E-state index contributed by atoms with van der Waals surface area (Å²) < 4.78 is 5.45. The molecule has 0 aliphatic carbocycles. The van der Waals surface area contributed by atoms with Crippen LogP contribution in [0.25, 0.3) is 5.70 Å². The van der Waals surface area contributed by atoms with E-state index in [4.69, 9.17) is 21.7 Å². The third kappa shape index (κ3) is 3.53. The summed E-state index contributed by atoms with van der Waals surface area (Å²) in [7, 11) is 0. The van der Waals surface area contributed by atoms with E-state index < -0.39 is 0 Å². The van der Waals surface area contributed by atoms with Gasteiger partial charge in [0.1, 0.15) is 11.6 Å². The highest BCUT2D eigenvalue weighted by molar-refractivity contribution is 8.06. The van der Waals surface area contributed by atoms with Crippen molar-refractivity contribution in [1.29, 1.82) is 5.41 Å². The molecule has 0 atom stereocenters. The molecule has 2 aliphatic rings. The number of ether oxygens (including phenoxy) is 1. The summed E-state index contributed by atoms with van der Waals surface area (Å²) in [5.41, 5.74) is 3.31. The lowest BCUT2D eigenvalue weighted by Gasteiger charge is -2.16. The van der Waals surface area contributed by atoms with Gasteiger partial charge in [-0.3, -0.25) is 15.1 Å². The van der Waals surface area contributed by atoms with Gasteiger partial charge >= 0.3 is 0 Å². The molecule has 5 nitrogen and oxygen atoms in total. The number of nitrogens with zero attached hydrogens (tertiary/aromatic N) is 1. The SMILES string of the molecule is CCOc1ccc(N2C(=N)C(=C3NC(c4ccc(Cl)cc4)=CS3)CC2=O)cc1. The predicted molar refractivity (Wildman–Crippen MR) is 115 cm³/mol. The Morgan fingerprint density at radius 1 is 1.18 bits per heavy atom. The molecule has 7 heteroatoms. The lowest BCUT2D eigenvalue weighted by molar-refractivity contribution is -0.116. The molecular formula is C21H18ClN3O2S. The van der Waals surface area contributed by atoms with E-state index in [9.17, 15) is 4.79 Å². The van der Waals surface area contributed by atoms with Crippen molar-refractivity contribution in [2.45, 2.75) is 13.3 Å². The number of carbonyl (C=O) groups is 1. The summed E-state index contributed by atoms with van der Waals surface area (Å²) in [5, 5.41) is 15.4. The average Bonchev–Trinajstić information content (AvgIpc) is 3.28. The molecule has 1 saturated heterocycles. The molecular weight excluding hydrogens is 394 g/mol. The number of anilines is 1. The van der Waals surface area contributed by atoms with Crippen LogP contribution in [0.15, 0.2) is 64.5 Å². The number of rotatable bonds is 4.